The first-order valence-corrected chi connectivity index (χ1v) is 6.25. The van der Waals surface area contributed by atoms with Gasteiger partial charge in [-0.3, -0.25) is 4.79 Å². The quantitative estimate of drug-likeness (QED) is 0.298. The summed E-state index contributed by atoms with van der Waals surface area (Å²) in [6.45, 7) is 6.15. The molecule has 0 saturated carbocycles. The highest BCUT2D eigenvalue weighted by Gasteiger charge is 2.30. The van der Waals surface area contributed by atoms with Crippen LogP contribution in [0.15, 0.2) is 0 Å². The Labute approximate surface area is 104 Å². The van der Waals surface area contributed by atoms with Crippen molar-refractivity contribution in [3.8, 4) is 0 Å². The maximum atomic E-state index is 11.0. The van der Waals surface area contributed by atoms with Crippen molar-refractivity contribution >= 4 is 12.6 Å². The number of hydrogen-bond donors (Lipinski definition) is 0. The Balaban J connectivity index is 3.97. The average Bonchev–Trinajstić information content (AvgIpc) is 2.37. The predicted octanol–water partition coefficient (Wildman–Crippen LogP) is 1.91. The first-order chi connectivity index (χ1) is 8.24. The summed E-state index contributed by atoms with van der Waals surface area (Å²) in [6, 6.07) is 0. The first-order valence-electron chi connectivity index (χ1n) is 6.25. The highest BCUT2D eigenvalue weighted by molar-refractivity contribution is 5.83. The molecule has 4 nitrogen and oxygen atoms in total. The Hall–Kier alpha value is -0.740. The molecule has 1 radical (unpaired) electrons. The molecule has 0 bridgehead atoms. The van der Waals surface area contributed by atoms with Gasteiger partial charge in [-0.25, -0.2) is 0 Å². The Morgan fingerprint density at radius 2 is 1.47 bits per heavy atom. The number of rotatable bonds is 12. The normalized spacial score (nSPS) is 11.4. The van der Waals surface area contributed by atoms with E-state index in [9.17, 15) is 9.59 Å². The Bertz CT molecular complexity index is 182. The minimum atomic E-state index is -1.05. The summed E-state index contributed by atoms with van der Waals surface area (Å²) in [5.74, 6) is 0. The van der Waals surface area contributed by atoms with E-state index in [-0.39, 0.29) is 0 Å². The van der Waals surface area contributed by atoms with Crippen LogP contribution < -0.4 is 0 Å². The smallest absolute Gasteiger partial charge is 0.212 e. The van der Waals surface area contributed by atoms with Crippen LogP contribution in [0.5, 0.6) is 0 Å². The van der Waals surface area contributed by atoms with Crippen molar-refractivity contribution in [1.29, 1.82) is 0 Å². The molecule has 0 fully saturated rings. The molecule has 0 atom stereocenters. The minimum absolute atomic E-state index is 0.384. The van der Waals surface area contributed by atoms with Gasteiger partial charge in [-0.15, -0.1) is 0 Å². The van der Waals surface area contributed by atoms with Gasteiger partial charge in [0.25, 0.3) is 0 Å². The molecule has 0 spiro atoms. The molecule has 0 amide bonds. The van der Waals surface area contributed by atoms with Crippen molar-refractivity contribution in [1.82, 2.24) is 0 Å². The van der Waals surface area contributed by atoms with Gasteiger partial charge in [-0.05, 0) is 25.7 Å². The van der Waals surface area contributed by atoms with Crippen LogP contribution in [0.25, 0.3) is 0 Å². The molecule has 4 heteroatoms. The SMILES string of the molecule is CCCOCCC([C]=O)(C=O)CCOCCC. The van der Waals surface area contributed by atoms with Gasteiger partial charge in [-0.1, -0.05) is 13.8 Å². The summed E-state index contributed by atoms with van der Waals surface area (Å²) in [7, 11) is 0. The molecule has 99 valence electrons. The summed E-state index contributed by atoms with van der Waals surface area (Å²) in [5, 5.41) is 0. The van der Waals surface area contributed by atoms with E-state index in [4.69, 9.17) is 9.47 Å². The maximum absolute atomic E-state index is 11.0. The third-order valence-corrected chi connectivity index (χ3v) is 2.51. The molecule has 0 unspecified atom stereocenters. The molecular weight excluding hydrogens is 220 g/mol. The van der Waals surface area contributed by atoms with E-state index in [1.807, 2.05) is 20.1 Å². The number of carbonyl (C=O) groups excluding carboxylic acids is 2. The molecule has 0 aliphatic carbocycles. The molecule has 0 aromatic heterocycles. The second kappa shape index (κ2) is 10.4. The molecule has 0 aliphatic heterocycles. The molecule has 0 saturated heterocycles. The van der Waals surface area contributed by atoms with Crippen molar-refractivity contribution in [2.75, 3.05) is 26.4 Å². The van der Waals surface area contributed by atoms with Crippen molar-refractivity contribution < 1.29 is 19.1 Å². The van der Waals surface area contributed by atoms with E-state index >= 15 is 0 Å². The highest BCUT2D eigenvalue weighted by Crippen LogP contribution is 2.21. The topological polar surface area (TPSA) is 52.6 Å². The van der Waals surface area contributed by atoms with Crippen LogP contribution in [-0.4, -0.2) is 39.0 Å². The van der Waals surface area contributed by atoms with Gasteiger partial charge in [0.05, 0.1) is 5.41 Å². The lowest BCUT2D eigenvalue weighted by Gasteiger charge is -2.20. The number of carbonyl (C=O) groups is 1. The van der Waals surface area contributed by atoms with Gasteiger partial charge in [0.15, 0.2) is 0 Å². The number of aldehydes is 1. The Kier molecular flexibility index (Phi) is 9.96. The van der Waals surface area contributed by atoms with Gasteiger partial charge >= 0.3 is 0 Å². The molecule has 0 rings (SSSR count). The van der Waals surface area contributed by atoms with E-state index in [0.717, 1.165) is 12.8 Å². The first kappa shape index (κ1) is 16.3. The van der Waals surface area contributed by atoms with Crippen molar-refractivity contribution in [3.63, 3.8) is 0 Å². The van der Waals surface area contributed by atoms with Crippen molar-refractivity contribution in [2.24, 2.45) is 5.41 Å². The summed E-state index contributed by atoms with van der Waals surface area (Å²) >= 11 is 0. The largest absolute Gasteiger partial charge is 0.381 e. The minimum Gasteiger partial charge on any atom is -0.381 e. The lowest BCUT2D eigenvalue weighted by atomic mass is 9.85. The molecule has 17 heavy (non-hydrogen) atoms. The fourth-order valence-electron chi connectivity index (χ4n) is 1.37. The number of ether oxygens (including phenoxy) is 2. The monoisotopic (exact) mass is 243 g/mol. The maximum Gasteiger partial charge on any atom is 0.212 e. The van der Waals surface area contributed by atoms with Crippen molar-refractivity contribution in [3.05, 3.63) is 0 Å². The summed E-state index contributed by atoms with van der Waals surface area (Å²) in [4.78, 5) is 21.9. The van der Waals surface area contributed by atoms with Crippen LogP contribution in [0, 0.1) is 5.41 Å². The zero-order valence-electron chi connectivity index (χ0n) is 10.9. The molecule has 0 aromatic rings. The fourth-order valence-corrected chi connectivity index (χ4v) is 1.37. The van der Waals surface area contributed by atoms with E-state index in [1.165, 1.54) is 0 Å². The van der Waals surface area contributed by atoms with Gasteiger partial charge < -0.3 is 14.3 Å². The lowest BCUT2D eigenvalue weighted by Crippen LogP contribution is -2.28. The number of hydrogen-bond acceptors (Lipinski definition) is 4. The third-order valence-electron chi connectivity index (χ3n) is 2.51. The summed E-state index contributed by atoms with van der Waals surface area (Å²) < 4.78 is 10.6. The van der Waals surface area contributed by atoms with Crippen molar-refractivity contribution in [2.45, 2.75) is 39.5 Å². The molecule has 0 heterocycles. The van der Waals surface area contributed by atoms with Crippen LogP contribution in [-0.2, 0) is 19.1 Å². The van der Waals surface area contributed by atoms with E-state index in [2.05, 4.69) is 0 Å². The summed E-state index contributed by atoms with van der Waals surface area (Å²) in [6.07, 6.45) is 5.14. The van der Waals surface area contributed by atoms with Crippen LogP contribution in [0.1, 0.15) is 39.5 Å². The third kappa shape index (κ3) is 7.23. The second-order valence-electron chi connectivity index (χ2n) is 4.10. The van der Waals surface area contributed by atoms with Gasteiger partial charge in [0, 0.05) is 26.4 Å². The Morgan fingerprint density at radius 3 is 1.76 bits per heavy atom. The van der Waals surface area contributed by atoms with E-state index in [1.54, 1.807) is 0 Å². The average molecular weight is 243 g/mol. The highest BCUT2D eigenvalue weighted by atomic mass is 16.5. The predicted molar refractivity (Wildman–Crippen MR) is 65.6 cm³/mol. The van der Waals surface area contributed by atoms with E-state index < -0.39 is 5.41 Å². The molecule has 0 N–H and O–H groups in total. The molecule has 0 aromatic carbocycles. The van der Waals surface area contributed by atoms with Crippen LogP contribution in [0.2, 0.25) is 0 Å². The summed E-state index contributed by atoms with van der Waals surface area (Å²) in [5.41, 5.74) is -1.05. The van der Waals surface area contributed by atoms with Gasteiger partial charge in [0.1, 0.15) is 6.29 Å². The van der Waals surface area contributed by atoms with Crippen LogP contribution >= 0.6 is 0 Å². The van der Waals surface area contributed by atoms with E-state index in [0.29, 0.717) is 45.6 Å². The van der Waals surface area contributed by atoms with Crippen LogP contribution in [0.3, 0.4) is 0 Å². The Morgan fingerprint density at radius 1 is 1.00 bits per heavy atom. The zero-order valence-corrected chi connectivity index (χ0v) is 10.9. The van der Waals surface area contributed by atoms with Crippen LogP contribution in [0.4, 0.5) is 0 Å². The molecular formula is C13H23O4. The molecule has 0 aliphatic rings. The second-order valence-corrected chi connectivity index (χ2v) is 4.10. The zero-order chi connectivity index (χ0) is 13.0. The standard InChI is InChI=1S/C13H23O4/c1-3-7-16-9-5-13(11-14,12-15)6-10-17-8-4-2/h11H,3-10H2,1-2H3. The lowest BCUT2D eigenvalue weighted by molar-refractivity contribution is -0.114. The van der Waals surface area contributed by atoms with Gasteiger partial charge in [0.2, 0.25) is 6.29 Å². The van der Waals surface area contributed by atoms with Gasteiger partial charge in [-0.2, -0.15) is 0 Å². The fraction of sp³-hybridized carbons (Fsp3) is 0.846.